The maximum absolute atomic E-state index is 14.4. The molecule has 4 heterocycles. The molecule has 0 aliphatic carbocycles. The molecule has 13 heteroatoms. The molecule has 3 aromatic rings. The molecule has 0 saturated carbocycles. The number of pyridine rings is 1. The summed E-state index contributed by atoms with van der Waals surface area (Å²) in [6.45, 7) is 0.354. The number of hydrogen-bond acceptors (Lipinski definition) is 10. The SMILES string of the molecule is Cn1c(=O)ccc2ccc(F)c(OCC(O)CNC[C@H]3CN(c4cnc5c(n4)CC(=O)CS5)C(=O)O3)c21. The molecule has 2 aliphatic heterocycles. The van der Waals surface area contributed by atoms with Crippen LogP contribution >= 0.6 is 11.8 Å². The first-order valence-electron chi connectivity index (χ1n) is 11.6. The molecule has 1 aromatic carbocycles. The number of aromatic nitrogens is 3. The van der Waals surface area contributed by atoms with Crippen molar-refractivity contribution in [1.29, 1.82) is 0 Å². The lowest BCUT2D eigenvalue weighted by molar-refractivity contribution is -0.116. The fourth-order valence-electron chi connectivity index (χ4n) is 4.19. The van der Waals surface area contributed by atoms with Crippen molar-refractivity contribution in [3.05, 3.63) is 52.3 Å². The van der Waals surface area contributed by atoms with Crippen molar-refractivity contribution >= 4 is 40.4 Å². The van der Waals surface area contributed by atoms with Gasteiger partial charge in [-0.05, 0) is 18.2 Å². The van der Waals surface area contributed by atoms with Crippen molar-refractivity contribution in [2.24, 2.45) is 7.05 Å². The van der Waals surface area contributed by atoms with Gasteiger partial charge in [0, 0.05) is 31.6 Å². The molecule has 0 spiro atoms. The van der Waals surface area contributed by atoms with Gasteiger partial charge in [0.15, 0.2) is 17.4 Å². The first kappa shape index (κ1) is 25.1. The summed E-state index contributed by atoms with van der Waals surface area (Å²) in [6, 6.07) is 5.77. The predicted octanol–water partition coefficient (Wildman–Crippen LogP) is 1.04. The van der Waals surface area contributed by atoms with E-state index in [2.05, 4.69) is 15.3 Å². The molecule has 1 saturated heterocycles. The molecule has 1 amide bonds. The Balaban J connectivity index is 1.14. The summed E-state index contributed by atoms with van der Waals surface area (Å²) in [5.41, 5.74) is 0.553. The number of rotatable bonds is 8. The number of anilines is 1. The van der Waals surface area contributed by atoms with E-state index < -0.39 is 24.1 Å². The Kier molecular flexibility index (Phi) is 7.09. The Bertz CT molecular complexity index is 1430. The lowest BCUT2D eigenvalue weighted by Crippen LogP contribution is -2.37. The zero-order valence-corrected chi connectivity index (χ0v) is 20.7. The van der Waals surface area contributed by atoms with Gasteiger partial charge >= 0.3 is 6.09 Å². The van der Waals surface area contributed by atoms with Crippen LogP contribution in [-0.4, -0.2) is 75.7 Å². The molecule has 1 fully saturated rings. The molecule has 2 atom stereocenters. The first-order chi connectivity index (χ1) is 17.8. The van der Waals surface area contributed by atoms with Crippen LogP contribution in [0.3, 0.4) is 0 Å². The number of amides is 1. The summed E-state index contributed by atoms with van der Waals surface area (Å²) in [7, 11) is 1.52. The van der Waals surface area contributed by atoms with Crippen molar-refractivity contribution in [1.82, 2.24) is 19.9 Å². The topological polar surface area (TPSA) is 136 Å². The number of carbonyl (C=O) groups is 2. The zero-order chi connectivity index (χ0) is 26.1. The minimum absolute atomic E-state index is 0.0600. The monoisotopic (exact) mass is 529 g/mol. The van der Waals surface area contributed by atoms with E-state index in [0.717, 1.165) is 0 Å². The Morgan fingerprint density at radius 1 is 1.30 bits per heavy atom. The standard InChI is InChI=1S/C24H24FN5O6S/c1-29-20(33)5-3-13-2-4-17(25)22(21(13)29)35-11-15(32)7-26-8-16-10-30(24(34)36-16)19-9-27-23-18(28-19)6-14(31)12-37-23/h2-5,9,15-16,26,32H,6-8,10-12H2,1H3/t15?,16-/m0/s1. The molecule has 0 radical (unpaired) electrons. The van der Waals surface area contributed by atoms with E-state index in [1.54, 1.807) is 12.1 Å². The second kappa shape index (κ2) is 10.4. The van der Waals surface area contributed by atoms with Crippen molar-refractivity contribution in [3.63, 3.8) is 0 Å². The number of aryl methyl sites for hydroxylation is 1. The zero-order valence-electron chi connectivity index (χ0n) is 19.8. The van der Waals surface area contributed by atoms with E-state index in [1.807, 2.05) is 0 Å². The van der Waals surface area contributed by atoms with Gasteiger partial charge in [0.1, 0.15) is 29.6 Å². The number of hydrogen-bond donors (Lipinski definition) is 2. The van der Waals surface area contributed by atoms with Gasteiger partial charge in [-0.25, -0.2) is 19.2 Å². The molecule has 194 valence electrons. The van der Waals surface area contributed by atoms with Gasteiger partial charge in [-0.2, -0.15) is 0 Å². The average molecular weight is 530 g/mol. The largest absolute Gasteiger partial charge is 0.486 e. The number of carbonyl (C=O) groups excluding carboxylic acids is 2. The van der Waals surface area contributed by atoms with E-state index >= 15 is 0 Å². The number of ketones is 1. The van der Waals surface area contributed by atoms with Crippen LogP contribution in [0.2, 0.25) is 0 Å². The number of nitrogens with one attached hydrogen (secondary N) is 1. The Labute approximate surface area is 214 Å². The highest BCUT2D eigenvalue weighted by atomic mass is 32.2. The van der Waals surface area contributed by atoms with Crippen LogP contribution in [0.25, 0.3) is 10.9 Å². The molecule has 37 heavy (non-hydrogen) atoms. The second-order valence-corrected chi connectivity index (χ2v) is 9.73. The number of cyclic esters (lactones) is 1. The molecule has 2 aliphatic rings. The summed E-state index contributed by atoms with van der Waals surface area (Å²) in [5, 5.41) is 14.7. The van der Waals surface area contributed by atoms with Gasteiger partial charge in [0.25, 0.3) is 5.56 Å². The number of fused-ring (bicyclic) bond motifs is 2. The third kappa shape index (κ3) is 5.29. The van der Waals surface area contributed by atoms with Crippen LogP contribution in [0.5, 0.6) is 5.75 Å². The third-order valence-corrected chi connectivity index (χ3v) is 7.12. The number of ether oxygens (including phenoxy) is 2. The van der Waals surface area contributed by atoms with Gasteiger partial charge in [-0.15, -0.1) is 0 Å². The van der Waals surface area contributed by atoms with E-state index in [-0.39, 0.29) is 49.8 Å². The number of Topliss-reactive ketones (excluding diaryl/α,β-unsaturated/α-hetero) is 1. The highest BCUT2D eigenvalue weighted by Crippen LogP contribution is 2.29. The molecular weight excluding hydrogens is 505 g/mol. The first-order valence-corrected chi connectivity index (χ1v) is 12.6. The number of thioether (sulfide) groups is 1. The van der Waals surface area contributed by atoms with Gasteiger partial charge in [-0.1, -0.05) is 11.8 Å². The molecule has 2 N–H and O–H groups in total. The van der Waals surface area contributed by atoms with Crippen LogP contribution < -0.4 is 20.5 Å². The van der Waals surface area contributed by atoms with E-state index in [1.165, 1.54) is 46.6 Å². The van der Waals surface area contributed by atoms with Crippen molar-refractivity contribution in [2.75, 3.05) is 36.9 Å². The van der Waals surface area contributed by atoms with Crippen molar-refractivity contribution in [3.8, 4) is 5.75 Å². The predicted molar refractivity (Wildman–Crippen MR) is 133 cm³/mol. The van der Waals surface area contributed by atoms with Crippen LogP contribution in [-0.2, 0) is 23.0 Å². The van der Waals surface area contributed by atoms with E-state index in [0.29, 0.717) is 33.2 Å². The number of nitrogens with zero attached hydrogens (tertiary/aromatic N) is 4. The minimum Gasteiger partial charge on any atom is -0.486 e. The number of benzene rings is 1. The van der Waals surface area contributed by atoms with Gasteiger partial charge in [0.2, 0.25) is 0 Å². The molecular formula is C24H24FN5O6S. The van der Waals surface area contributed by atoms with Gasteiger partial charge in [0.05, 0.1) is 36.1 Å². The number of aliphatic hydroxyl groups excluding tert-OH is 1. The maximum Gasteiger partial charge on any atom is 0.416 e. The normalized spacial score (nSPS) is 18.1. The lowest BCUT2D eigenvalue weighted by atomic mass is 10.2. The Morgan fingerprint density at radius 3 is 2.95 bits per heavy atom. The quantitative estimate of drug-likeness (QED) is 0.436. The fraction of sp³-hybridized carbons (Fsp3) is 0.375. The number of halogens is 1. The molecule has 5 rings (SSSR count). The number of aliphatic hydroxyl groups is 1. The van der Waals surface area contributed by atoms with Crippen LogP contribution in [0, 0.1) is 5.82 Å². The summed E-state index contributed by atoms with van der Waals surface area (Å²) >= 11 is 1.33. The second-order valence-electron chi connectivity index (χ2n) is 8.77. The summed E-state index contributed by atoms with van der Waals surface area (Å²) in [5.74, 6) is 0.00302. The summed E-state index contributed by atoms with van der Waals surface area (Å²) in [6.07, 6.45) is -0.390. The van der Waals surface area contributed by atoms with Crippen LogP contribution in [0.4, 0.5) is 15.0 Å². The fourth-order valence-corrected chi connectivity index (χ4v) is 5.00. The Morgan fingerprint density at radius 2 is 2.11 bits per heavy atom. The highest BCUT2D eigenvalue weighted by molar-refractivity contribution is 8.00. The van der Waals surface area contributed by atoms with Gasteiger partial charge in [-0.3, -0.25) is 14.5 Å². The van der Waals surface area contributed by atoms with Crippen molar-refractivity contribution in [2.45, 2.75) is 23.7 Å². The summed E-state index contributed by atoms with van der Waals surface area (Å²) in [4.78, 5) is 46.2. The highest BCUT2D eigenvalue weighted by Gasteiger charge is 2.34. The van der Waals surface area contributed by atoms with Crippen LogP contribution in [0.15, 0.2) is 40.3 Å². The van der Waals surface area contributed by atoms with E-state index in [4.69, 9.17) is 9.47 Å². The lowest BCUT2D eigenvalue weighted by Gasteiger charge is -2.17. The molecule has 11 nitrogen and oxygen atoms in total. The summed E-state index contributed by atoms with van der Waals surface area (Å²) < 4.78 is 26.7. The molecule has 0 bridgehead atoms. The average Bonchev–Trinajstić information content (AvgIpc) is 3.25. The van der Waals surface area contributed by atoms with Crippen molar-refractivity contribution < 1.29 is 28.6 Å². The van der Waals surface area contributed by atoms with Crippen LogP contribution in [0.1, 0.15) is 5.69 Å². The molecule has 1 unspecified atom stereocenters. The Hall–Kier alpha value is -3.55. The minimum atomic E-state index is -0.995. The maximum atomic E-state index is 14.4. The molecule has 2 aromatic heterocycles. The third-order valence-electron chi connectivity index (χ3n) is 6.04. The van der Waals surface area contributed by atoms with Gasteiger partial charge < -0.3 is 24.5 Å². The smallest absolute Gasteiger partial charge is 0.416 e. The van der Waals surface area contributed by atoms with E-state index in [9.17, 15) is 23.9 Å².